The number of aromatic nitrogens is 1. The van der Waals surface area contributed by atoms with Crippen LogP contribution >= 0.6 is 0 Å². The van der Waals surface area contributed by atoms with E-state index < -0.39 is 0 Å². The summed E-state index contributed by atoms with van der Waals surface area (Å²) in [6.45, 7) is 3.72. The first-order valence-electron chi connectivity index (χ1n) is 7.22. The van der Waals surface area contributed by atoms with Crippen molar-refractivity contribution in [3.05, 3.63) is 29.9 Å². The molecular formula is C15H19N3O3. The number of carbonyl (C=O) groups is 1. The van der Waals surface area contributed by atoms with Crippen molar-refractivity contribution >= 4 is 5.91 Å². The van der Waals surface area contributed by atoms with Gasteiger partial charge in [0.25, 0.3) is 5.89 Å². The fraction of sp³-hybridized carbons (Fsp3) is 0.467. The van der Waals surface area contributed by atoms with Crippen molar-refractivity contribution in [2.75, 3.05) is 13.1 Å². The number of nitrogens with zero attached hydrogens (tertiary/aromatic N) is 1. The number of oxazole rings is 1. The third kappa shape index (κ3) is 3.33. The first kappa shape index (κ1) is 13.9. The molecule has 0 aromatic carbocycles. The van der Waals surface area contributed by atoms with Crippen molar-refractivity contribution in [2.24, 2.45) is 0 Å². The van der Waals surface area contributed by atoms with Gasteiger partial charge in [0.1, 0.15) is 5.76 Å². The summed E-state index contributed by atoms with van der Waals surface area (Å²) in [4.78, 5) is 16.4. The van der Waals surface area contributed by atoms with Crippen LogP contribution < -0.4 is 10.6 Å². The van der Waals surface area contributed by atoms with Crippen molar-refractivity contribution in [1.29, 1.82) is 0 Å². The summed E-state index contributed by atoms with van der Waals surface area (Å²) in [5.74, 6) is 1.64. The van der Waals surface area contributed by atoms with Gasteiger partial charge in [0.05, 0.1) is 18.4 Å². The van der Waals surface area contributed by atoms with Crippen molar-refractivity contribution in [3.8, 4) is 11.7 Å². The summed E-state index contributed by atoms with van der Waals surface area (Å²) in [6.07, 6.45) is 3.75. The molecule has 112 valence electrons. The Labute approximate surface area is 122 Å². The maximum Gasteiger partial charge on any atom is 0.263 e. The number of furan rings is 1. The van der Waals surface area contributed by atoms with Crippen LogP contribution in [0.2, 0.25) is 0 Å². The Kier molecular flexibility index (Phi) is 4.06. The molecule has 6 nitrogen and oxygen atoms in total. The van der Waals surface area contributed by atoms with Gasteiger partial charge < -0.3 is 19.5 Å². The molecule has 3 heterocycles. The van der Waals surface area contributed by atoms with E-state index in [1.165, 1.54) is 0 Å². The Hall–Kier alpha value is -2.08. The minimum Gasteiger partial charge on any atom is -0.459 e. The molecule has 2 aromatic heterocycles. The van der Waals surface area contributed by atoms with Crippen LogP contribution in [0.5, 0.6) is 0 Å². The molecule has 21 heavy (non-hydrogen) atoms. The molecule has 0 spiro atoms. The summed E-state index contributed by atoms with van der Waals surface area (Å²) in [6, 6.07) is 3.82. The molecule has 0 atom stereocenters. The number of rotatable bonds is 4. The molecule has 0 saturated carbocycles. The molecule has 0 aliphatic carbocycles. The predicted octanol–water partition coefficient (Wildman–Crippen LogP) is 1.65. The third-order valence-corrected chi connectivity index (χ3v) is 3.66. The van der Waals surface area contributed by atoms with Gasteiger partial charge in [-0.15, -0.1) is 0 Å². The summed E-state index contributed by atoms with van der Waals surface area (Å²) < 4.78 is 10.8. The molecule has 0 unspecified atom stereocenters. The number of amides is 1. The van der Waals surface area contributed by atoms with Gasteiger partial charge in [-0.3, -0.25) is 4.79 Å². The molecule has 2 N–H and O–H groups in total. The third-order valence-electron chi connectivity index (χ3n) is 3.66. The van der Waals surface area contributed by atoms with Crippen LogP contribution in [-0.2, 0) is 11.2 Å². The summed E-state index contributed by atoms with van der Waals surface area (Å²) in [7, 11) is 0. The van der Waals surface area contributed by atoms with E-state index in [0.717, 1.165) is 25.9 Å². The van der Waals surface area contributed by atoms with Crippen LogP contribution in [0.1, 0.15) is 24.3 Å². The number of aryl methyl sites for hydroxylation is 1. The summed E-state index contributed by atoms with van der Waals surface area (Å²) >= 11 is 0. The number of hydrogen-bond acceptors (Lipinski definition) is 5. The second-order valence-electron chi connectivity index (χ2n) is 5.27. The zero-order chi connectivity index (χ0) is 14.7. The van der Waals surface area contributed by atoms with Gasteiger partial charge in [-0.1, -0.05) is 0 Å². The van der Waals surface area contributed by atoms with Crippen molar-refractivity contribution < 1.29 is 13.6 Å². The highest BCUT2D eigenvalue weighted by atomic mass is 16.4. The quantitative estimate of drug-likeness (QED) is 0.894. The van der Waals surface area contributed by atoms with Crippen LogP contribution in [-0.4, -0.2) is 30.0 Å². The highest BCUT2D eigenvalue weighted by Crippen LogP contribution is 2.22. The molecule has 1 aliphatic rings. The average Bonchev–Trinajstić information content (AvgIpc) is 3.10. The van der Waals surface area contributed by atoms with Gasteiger partial charge in [0, 0.05) is 6.04 Å². The van der Waals surface area contributed by atoms with Gasteiger partial charge in [-0.2, -0.15) is 0 Å². The van der Waals surface area contributed by atoms with E-state index in [9.17, 15) is 4.79 Å². The molecule has 1 saturated heterocycles. The van der Waals surface area contributed by atoms with E-state index in [2.05, 4.69) is 15.6 Å². The lowest BCUT2D eigenvalue weighted by Gasteiger charge is -2.23. The van der Waals surface area contributed by atoms with Gasteiger partial charge >= 0.3 is 0 Å². The Bertz CT molecular complexity index is 598. The van der Waals surface area contributed by atoms with Gasteiger partial charge in [-0.05, 0) is 45.0 Å². The van der Waals surface area contributed by atoms with Crippen LogP contribution in [0, 0.1) is 6.92 Å². The van der Waals surface area contributed by atoms with E-state index in [4.69, 9.17) is 8.83 Å². The van der Waals surface area contributed by atoms with E-state index in [1.54, 1.807) is 18.4 Å². The Morgan fingerprint density at radius 3 is 3.00 bits per heavy atom. The van der Waals surface area contributed by atoms with E-state index in [0.29, 0.717) is 23.1 Å². The van der Waals surface area contributed by atoms with Crippen molar-refractivity contribution in [1.82, 2.24) is 15.6 Å². The SMILES string of the molecule is Cc1oc(-c2ccco2)nc1CC(=O)NC1CCNCC1. The zero-order valence-electron chi connectivity index (χ0n) is 12.0. The maximum atomic E-state index is 12.1. The predicted molar refractivity (Wildman–Crippen MR) is 76.7 cm³/mol. The Morgan fingerprint density at radius 2 is 2.29 bits per heavy atom. The van der Waals surface area contributed by atoms with Gasteiger partial charge in [0.15, 0.2) is 5.76 Å². The van der Waals surface area contributed by atoms with Crippen LogP contribution in [0.25, 0.3) is 11.7 Å². The summed E-state index contributed by atoms with van der Waals surface area (Å²) in [5.41, 5.74) is 0.660. The number of carbonyl (C=O) groups excluding carboxylic acids is 1. The average molecular weight is 289 g/mol. The van der Waals surface area contributed by atoms with Crippen LogP contribution in [0.3, 0.4) is 0 Å². The van der Waals surface area contributed by atoms with E-state index in [1.807, 2.05) is 6.92 Å². The maximum absolute atomic E-state index is 12.1. The van der Waals surface area contributed by atoms with E-state index >= 15 is 0 Å². The fourth-order valence-corrected chi connectivity index (χ4v) is 2.49. The standard InChI is InChI=1S/C15H19N3O3/c1-10-12(18-15(21-10)13-3-2-8-20-13)9-14(19)17-11-4-6-16-7-5-11/h2-3,8,11,16H,4-7,9H2,1H3,(H,17,19). The van der Waals surface area contributed by atoms with Crippen LogP contribution in [0.15, 0.2) is 27.2 Å². The lowest BCUT2D eigenvalue weighted by molar-refractivity contribution is -0.121. The zero-order valence-corrected chi connectivity index (χ0v) is 12.0. The lowest BCUT2D eigenvalue weighted by atomic mass is 10.1. The van der Waals surface area contributed by atoms with Gasteiger partial charge in [0.2, 0.25) is 5.91 Å². The molecule has 3 rings (SSSR count). The lowest BCUT2D eigenvalue weighted by Crippen LogP contribution is -2.43. The molecule has 1 amide bonds. The highest BCUT2D eigenvalue weighted by Gasteiger charge is 2.19. The molecule has 2 aromatic rings. The second kappa shape index (κ2) is 6.13. The largest absolute Gasteiger partial charge is 0.459 e. The topological polar surface area (TPSA) is 80.3 Å². The minimum atomic E-state index is -0.00991. The normalized spacial score (nSPS) is 16.0. The first-order chi connectivity index (χ1) is 10.2. The van der Waals surface area contributed by atoms with Crippen molar-refractivity contribution in [2.45, 2.75) is 32.2 Å². The fourth-order valence-electron chi connectivity index (χ4n) is 2.49. The molecule has 0 radical (unpaired) electrons. The number of nitrogens with one attached hydrogen (secondary N) is 2. The Balaban J connectivity index is 1.63. The molecule has 1 aliphatic heterocycles. The smallest absolute Gasteiger partial charge is 0.263 e. The number of piperidine rings is 1. The molecule has 1 fully saturated rings. The highest BCUT2D eigenvalue weighted by molar-refractivity contribution is 5.78. The van der Waals surface area contributed by atoms with Crippen molar-refractivity contribution in [3.63, 3.8) is 0 Å². The Morgan fingerprint density at radius 1 is 1.48 bits per heavy atom. The van der Waals surface area contributed by atoms with Gasteiger partial charge in [-0.25, -0.2) is 4.98 Å². The van der Waals surface area contributed by atoms with Crippen LogP contribution in [0.4, 0.5) is 0 Å². The monoisotopic (exact) mass is 289 g/mol. The second-order valence-corrected chi connectivity index (χ2v) is 5.27. The molecule has 0 bridgehead atoms. The van der Waals surface area contributed by atoms with E-state index in [-0.39, 0.29) is 18.4 Å². The molecular weight excluding hydrogens is 270 g/mol. The molecule has 6 heteroatoms. The first-order valence-corrected chi connectivity index (χ1v) is 7.22. The summed E-state index contributed by atoms with van der Waals surface area (Å²) in [5, 5.41) is 6.33. The minimum absolute atomic E-state index is 0.00991. The number of hydrogen-bond donors (Lipinski definition) is 2.